The van der Waals surface area contributed by atoms with Crippen molar-refractivity contribution in [3.05, 3.63) is 122 Å². The summed E-state index contributed by atoms with van der Waals surface area (Å²) in [6.07, 6.45) is 83.0. The molecule has 1 N–H and O–H groups in total. The number of ether oxygens (including phenoxy) is 2. The van der Waals surface area contributed by atoms with Crippen molar-refractivity contribution in [3.63, 3.8) is 0 Å². The lowest BCUT2D eigenvalue weighted by Crippen LogP contribution is -2.28. The lowest BCUT2D eigenvalue weighted by Gasteiger charge is -2.15. The third-order valence-corrected chi connectivity index (χ3v) is 11.5. The summed E-state index contributed by atoms with van der Waals surface area (Å²) in [5.41, 5.74) is 0. The largest absolute Gasteiger partial charge is 0.462 e. The standard InChI is InChI=1S/C62H102O5/c1-3-5-7-9-11-13-15-17-19-21-23-24-25-26-27-28-29-30-31-32-33-34-35-36-37-38-39-41-43-45-47-49-51-53-55-57-62(65)67-60(58-63)59-66-61(64)56-54-52-50-48-46-44-42-40-22-20-18-16-14-12-10-8-6-4-2/h5,7,11,13,17,19-20,22-24,26-27,29-30,32-33,35-36,38-39,60,63H,3-4,6,8-10,12,14-16,18,21,25,28,31,34,37,40-59H2,1-2H3/b7-5-,13-11-,19-17-,22-20-,24-23-,27-26-,30-29-,33-32-,36-35-,39-38-. The average Bonchev–Trinajstić information content (AvgIpc) is 3.33. The monoisotopic (exact) mass is 927 g/mol. The first-order chi connectivity index (χ1) is 33.1. The van der Waals surface area contributed by atoms with Gasteiger partial charge in [0.25, 0.3) is 0 Å². The van der Waals surface area contributed by atoms with Crippen molar-refractivity contribution in [1.82, 2.24) is 0 Å². The fraction of sp³-hybridized carbons (Fsp3) is 0.645. The Hall–Kier alpha value is -3.70. The molecule has 0 aliphatic heterocycles. The Morgan fingerprint density at radius 3 is 0.985 bits per heavy atom. The molecule has 1 atom stereocenters. The Labute approximate surface area is 413 Å². The number of carbonyl (C=O) groups excluding carboxylic acids is 2. The van der Waals surface area contributed by atoms with Crippen LogP contribution in [0.1, 0.15) is 239 Å². The van der Waals surface area contributed by atoms with Crippen LogP contribution in [0.15, 0.2) is 122 Å². The summed E-state index contributed by atoms with van der Waals surface area (Å²) in [6, 6.07) is 0. The van der Waals surface area contributed by atoms with Crippen LogP contribution in [0.25, 0.3) is 0 Å². The van der Waals surface area contributed by atoms with Gasteiger partial charge in [0.2, 0.25) is 0 Å². The van der Waals surface area contributed by atoms with E-state index in [1.54, 1.807) is 0 Å². The molecule has 0 aliphatic rings. The molecule has 0 fully saturated rings. The van der Waals surface area contributed by atoms with Gasteiger partial charge in [-0.05, 0) is 109 Å². The van der Waals surface area contributed by atoms with E-state index in [-0.39, 0.29) is 25.2 Å². The van der Waals surface area contributed by atoms with Crippen LogP contribution in [0, 0.1) is 0 Å². The fourth-order valence-corrected chi connectivity index (χ4v) is 7.37. The van der Waals surface area contributed by atoms with Gasteiger partial charge in [-0.3, -0.25) is 9.59 Å². The minimum atomic E-state index is -0.788. The number of rotatable bonds is 49. The van der Waals surface area contributed by atoms with Gasteiger partial charge in [0.15, 0.2) is 6.10 Å². The zero-order valence-electron chi connectivity index (χ0n) is 43.4. The number of hydrogen-bond donors (Lipinski definition) is 1. The summed E-state index contributed by atoms with van der Waals surface area (Å²) in [7, 11) is 0. The number of esters is 2. The third-order valence-electron chi connectivity index (χ3n) is 11.5. The molecule has 0 heterocycles. The van der Waals surface area contributed by atoms with E-state index in [2.05, 4.69) is 135 Å². The summed E-state index contributed by atoms with van der Waals surface area (Å²) in [6.45, 7) is 4.01. The van der Waals surface area contributed by atoms with Crippen molar-refractivity contribution in [3.8, 4) is 0 Å². The van der Waals surface area contributed by atoms with E-state index in [1.165, 1.54) is 109 Å². The van der Waals surface area contributed by atoms with Crippen molar-refractivity contribution >= 4 is 11.9 Å². The first-order valence-electron chi connectivity index (χ1n) is 27.6. The number of unbranched alkanes of at least 4 members (excludes halogenated alkanes) is 21. The van der Waals surface area contributed by atoms with Gasteiger partial charge in [-0.15, -0.1) is 0 Å². The number of allylic oxidation sites excluding steroid dienone is 20. The molecule has 0 aliphatic carbocycles. The minimum absolute atomic E-state index is 0.0785. The molecule has 5 heteroatoms. The molecule has 0 aromatic heterocycles. The molecule has 0 amide bonds. The van der Waals surface area contributed by atoms with Gasteiger partial charge in [0.05, 0.1) is 6.61 Å². The second-order valence-corrected chi connectivity index (χ2v) is 17.9. The van der Waals surface area contributed by atoms with Gasteiger partial charge in [-0.2, -0.15) is 0 Å². The highest BCUT2D eigenvalue weighted by Gasteiger charge is 2.16. The maximum atomic E-state index is 12.3. The molecule has 0 radical (unpaired) electrons. The summed E-state index contributed by atoms with van der Waals surface area (Å²) in [5.74, 6) is -0.612. The van der Waals surface area contributed by atoms with Gasteiger partial charge >= 0.3 is 11.9 Å². The second kappa shape index (κ2) is 56.6. The zero-order chi connectivity index (χ0) is 48.5. The Bertz CT molecular complexity index is 1370. The van der Waals surface area contributed by atoms with Crippen LogP contribution in [0.5, 0.6) is 0 Å². The SMILES string of the molecule is CC/C=C\C/C=C\C/C=C\C/C=C\C/C=C\C/C=C\C/C=C\C/C=C\C/C=C\CCCCCCCCCC(=O)OC(CO)COC(=O)CCCCCCCCC/C=C\CCCCCCCCC. The molecular weight excluding hydrogens is 825 g/mol. The quantitative estimate of drug-likeness (QED) is 0.0374. The molecule has 0 saturated carbocycles. The molecule has 380 valence electrons. The molecule has 0 bridgehead atoms. The Kier molecular flexibility index (Phi) is 53.5. The van der Waals surface area contributed by atoms with Crippen molar-refractivity contribution in [1.29, 1.82) is 0 Å². The summed E-state index contributed by atoms with van der Waals surface area (Å²) >= 11 is 0. The first kappa shape index (κ1) is 63.3. The second-order valence-electron chi connectivity index (χ2n) is 17.9. The Morgan fingerprint density at radius 1 is 0.358 bits per heavy atom. The van der Waals surface area contributed by atoms with Gasteiger partial charge in [-0.1, -0.05) is 238 Å². The lowest BCUT2D eigenvalue weighted by atomic mass is 10.1. The van der Waals surface area contributed by atoms with Crippen molar-refractivity contribution in [2.45, 2.75) is 245 Å². The van der Waals surface area contributed by atoms with Crippen molar-refractivity contribution < 1.29 is 24.2 Å². The van der Waals surface area contributed by atoms with Crippen LogP contribution < -0.4 is 0 Å². The molecule has 0 aromatic rings. The van der Waals surface area contributed by atoms with Gasteiger partial charge in [0, 0.05) is 12.8 Å². The Balaban J connectivity index is 3.61. The molecule has 0 saturated heterocycles. The highest BCUT2D eigenvalue weighted by Crippen LogP contribution is 2.14. The van der Waals surface area contributed by atoms with E-state index in [4.69, 9.17) is 9.47 Å². The highest BCUT2D eigenvalue weighted by atomic mass is 16.6. The molecule has 0 spiro atoms. The van der Waals surface area contributed by atoms with Crippen LogP contribution in [-0.2, 0) is 19.1 Å². The van der Waals surface area contributed by atoms with E-state index in [9.17, 15) is 14.7 Å². The lowest BCUT2D eigenvalue weighted by molar-refractivity contribution is -0.161. The smallest absolute Gasteiger partial charge is 0.306 e. The number of carbonyl (C=O) groups is 2. The molecule has 67 heavy (non-hydrogen) atoms. The first-order valence-corrected chi connectivity index (χ1v) is 27.6. The van der Waals surface area contributed by atoms with E-state index >= 15 is 0 Å². The maximum Gasteiger partial charge on any atom is 0.306 e. The molecular formula is C62H102O5. The van der Waals surface area contributed by atoms with E-state index < -0.39 is 6.10 Å². The Morgan fingerprint density at radius 2 is 0.642 bits per heavy atom. The van der Waals surface area contributed by atoms with Crippen molar-refractivity contribution in [2.24, 2.45) is 0 Å². The van der Waals surface area contributed by atoms with Gasteiger partial charge in [-0.25, -0.2) is 0 Å². The average molecular weight is 927 g/mol. The molecule has 1 unspecified atom stereocenters. The normalized spacial score (nSPS) is 13.2. The van der Waals surface area contributed by atoms with E-state index in [1.807, 2.05) is 0 Å². The zero-order valence-corrected chi connectivity index (χ0v) is 43.4. The maximum absolute atomic E-state index is 12.3. The minimum Gasteiger partial charge on any atom is -0.462 e. The predicted molar refractivity (Wildman–Crippen MR) is 292 cm³/mol. The van der Waals surface area contributed by atoms with Crippen LogP contribution in [0.2, 0.25) is 0 Å². The van der Waals surface area contributed by atoms with Crippen LogP contribution in [0.3, 0.4) is 0 Å². The number of hydrogen-bond acceptors (Lipinski definition) is 5. The molecule has 0 aromatic carbocycles. The van der Waals surface area contributed by atoms with E-state index in [0.717, 1.165) is 103 Å². The summed E-state index contributed by atoms with van der Waals surface area (Å²) in [4.78, 5) is 24.5. The topological polar surface area (TPSA) is 72.8 Å². The van der Waals surface area contributed by atoms with E-state index in [0.29, 0.717) is 12.8 Å². The molecule has 0 rings (SSSR count). The summed E-state index contributed by atoms with van der Waals surface area (Å²) < 4.78 is 10.7. The highest BCUT2D eigenvalue weighted by molar-refractivity contribution is 5.70. The third kappa shape index (κ3) is 54.8. The van der Waals surface area contributed by atoms with Crippen LogP contribution >= 0.6 is 0 Å². The number of aliphatic hydroxyl groups excluding tert-OH is 1. The van der Waals surface area contributed by atoms with Crippen molar-refractivity contribution in [2.75, 3.05) is 13.2 Å². The predicted octanol–water partition coefficient (Wildman–Crippen LogP) is 18.7. The molecule has 5 nitrogen and oxygen atoms in total. The van der Waals surface area contributed by atoms with Crippen LogP contribution in [-0.4, -0.2) is 36.4 Å². The van der Waals surface area contributed by atoms with Gasteiger partial charge in [0.1, 0.15) is 6.61 Å². The fourth-order valence-electron chi connectivity index (χ4n) is 7.37. The van der Waals surface area contributed by atoms with Gasteiger partial charge < -0.3 is 14.6 Å². The number of aliphatic hydroxyl groups is 1. The van der Waals surface area contributed by atoms with Crippen LogP contribution in [0.4, 0.5) is 0 Å². The summed E-state index contributed by atoms with van der Waals surface area (Å²) in [5, 5.41) is 9.64.